The van der Waals surface area contributed by atoms with Gasteiger partial charge in [0.05, 0.1) is 12.5 Å². The van der Waals surface area contributed by atoms with Crippen molar-refractivity contribution in [2.45, 2.75) is 26.8 Å². The van der Waals surface area contributed by atoms with Crippen LogP contribution < -0.4 is 0 Å². The van der Waals surface area contributed by atoms with Crippen LogP contribution in [0.4, 0.5) is 0 Å². The molecule has 1 rings (SSSR count). The van der Waals surface area contributed by atoms with Crippen molar-refractivity contribution in [2.75, 3.05) is 0 Å². The van der Waals surface area contributed by atoms with Crippen molar-refractivity contribution < 1.29 is 4.79 Å². The van der Waals surface area contributed by atoms with Gasteiger partial charge in [-0.05, 0) is 5.92 Å². The zero-order valence-corrected chi connectivity index (χ0v) is 7.53. The number of carbonyl (C=O) groups excluding carboxylic acids is 1. The zero-order valence-electron chi connectivity index (χ0n) is 7.53. The molecule has 1 aromatic rings. The molecule has 0 aliphatic rings. The number of imidazole rings is 1. The molecule has 0 radical (unpaired) electrons. The SMILES string of the molecule is CCC(C)Cn1cncc1C=O. The molecule has 1 aromatic heterocycles. The molecule has 1 heterocycles. The van der Waals surface area contributed by atoms with Gasteiger partial charge in [-0.1, -0.05) is 20.3 Å². The topological polar surface area (TPSA) is 34.9 Å². The Hall–Kier alpha value is -1.12. The van der Waals surface area contributed by atoms with Gasteiger partial charge in [0.25, 0.3) is 0 Å². The van der Waals surface area contributed by atoms with Crippen LogP contribution in [0.15, 0.2) is 12.5 Å². The standard InChI is InChI=1S/C9H14N2O/c1-3-8(2)5-11-7-10-4-9(11)6-12/h4,6-8H,3,5H2,1-2H3. The Morgan fingerprint density at radius 1 is 1.75 bits per heavy atom. The zero-order chi connectivity index (χ0) is 8.97. The molecule has 1 atom stereocenters. The highest BCUT2D eigenvalue weighted by Gasteiger charge is 2.03. The molecule has 0 fully saturated rings. The molecule has 66 valence electrons. The Labute approximate surface area is 72.4 Å². The van der Waals surface area contributed by atoms with Crippen LogP contribution in [0.2, 0.25) is 0 Å². The third kappa shape index (κ3) is 1.94. The van der Waals surface area contributed by atoms with Crippen LogP contribution in [0, 0.1) is 5.92 Å². The van der Waals surface area contributed by atoms with E-state index in [-0.39, 0.29) is 0 Å². The minimum atomic E-state index is 0.595. The maximum absolute atomic E-state index is 10.5. The lowest BCUT2D eigenvalue weighted by molar-refractivity contribution is 0.111. The highest BCUT2D eigenvalue weighted by atomic mass is 16.1. The summed E-state index contributed by atoms with van der Waals surface area (Å²) in [7, 11) is 0. The summed E-state index contributed by atoms with van der Waals surface area (Å²) in [4.78, 5) is 14.4. The van der Waals surface area contributed by atoms with Crippen LogP contribution in [0.3, 0.4) is 0 Å². The molecule has 1 unspecified atom stereocenters. The maximum Gasteiger partial charge on any atom is 0.168 e. The van der Waals surface area contributed by atoms with Crippen molar-refractivity contribution in [3.8, 4) is 0 Å². The summed E-state index contributed by atoms with van der Waals surface area (Å²) < 4.78 is 1.89. The van der Waals surface area contributed by atoms with E-state index in [1.54, 1.807) is 12.5 Å². The average molecular weight is 166 g/mol. The van der Waals surface area contributed by atoms with E-state index in [2.05, 4.69) is 18.8 Å². The number of rotatable bonds is 4. The predicted octanol–water partition coefficient (Wildman–Crippen LogP) is 1.74. The van der Waals surface area contributed by atoms with Gasteiger partial charge in [0, 0.05) is 6.54 Å². The van der Waals surface area contributed by atoms with E-state index >= 15 is 0 Å². The first kappa shape index (κ1) is 8.97. The Balaban J connectivity index is 2.67. The summed E-state index contributed by atoms with van der Waals surface area (Å²) in [6, 6.07) is 0. The van der Waals surface area contributed by atoms with Crippen molar-refractivity contribution in [2.24, 2.45) is 5.92 Å². The van der Waals surface area contributed by atoms with Crippen molar-refractivity contribution in [3.05, 3.63) is 18.2 Å². The van der Waals surface area contributed by atoms with Gasteiger partial charge >= 0.3 is 0 Å². The average Bonchev–Trinajstić information content (AvgIpc) is 2.51. The minimum Gasteiger partial charge on any atom is -0.328 e. The summed E-state index contributed by atoms with van der Waals surface area (Å²) >= 11 is 0. The van der Waals surface area contributed by atoms with E-state index in [1.807, 2.05) is 4.57 Å². The lowest BCUT2D eigenvalue weighted by atomic mass is 10.1. The number of aromatic nitrogens is 2. The minimum absolute atomic E-state index is 0.595. The molecular formula is C9H14N2O. The number of aldehydes is 1. The molecule has 3 heteroatoms. The van der Waals surface area contributed by atoms with Crippen LogP contribution >= 0.6 is 0 Å². The third-order valence-corrected chi connectivity index (χ3v) is 2.07. The number of hydrogen-bond acceptors (Lipinski definition) is 2. The van der Waals surface area contributed by atoms with Crippen LogP contribution in [-0.2, 0) is 6.54 Å². The van der Waals surface area contributed by atoms with Gasteiger partial charge in [-0.3, -0.25) is 4.79 Å². The molecule has 0 saturated carbocycles. The number of hydrogen-bond donors (Lipinski definition) is 0. The van der Waals surface area contributed by atoms with Gasteiger partial charge in [0.15, 0.2) is 6.29 Å². The summed E-state index contributed by atoms with van der Waals surface area (Å²) in [6.45, 7) is 5.18. The smallest absolute Gasteiger partial charge is 0.168 e. The second-order valence-corrected chi connectivity index (χ2v) is 3.10. The lowest BCUT2D eigenvalue weighted by Crippen LogP contribution is -2.08. The van der Waals surface area contributed by atoms with E-state index in [9.17, 15) is 4.79 Å². The van der Waals surface area contributed by atoms with Gasteiger partial charge in [-0.2, -0.15) is 0 Å². The summed E-state index contributed by atoms with van der Waals surface area (Å²) in [5, 5.41) is 0. The van der Waals surface area contributed by atoms with Crippen molar-refractivity contribution in [1.29, 1.82) is 0 Å². The van der Waals surface area contributed by atoms with Crippen LogP contribution in [-0.4, -0.2) is 15.8 Å². The van der Waals surface area contributed by atoms with Gasteiger partial charge in [0.1, 0.15) is 5.69 Å². The Morgan fingerprint density at radius 2 is 2.50 bits per heavy atom. The quantitative estimate of drug-likeness (QED) is 0.638. The molecule has 0 spiro atoms. The first-order valence-electron chi connectivity index (χ1n) is 4.23. The Morgan fingerprint density at radius 3 is 3.08 bits per heavy atom. The second-order valence-electron chi connectivity index (χ2n) is 3.10. The molecule has 0 N–H and O–H groups in total. The fourth-order valence-electron chi connectivity index (χ4n) is 1.05. The molecule has 0 aliphatic heterocycles. The fourth-order valence-corrected chi connectivity index (χ4v) is 1.05. The first-order chi connectivity index (χ1) is 5.77. The summed E-state index contributed by atoms with van der Waals surface area (Å²) in [6.07, 6.45) is 5.26. The Bertz CT molecular complexity index is 255. The number of carbonyl (C=O) groups is 1. The molecule has 3 nitrogen and oxygen atoms in total. The van der Waals surface area contributed by atoms with E-state index in [4.69, 9.17) is 0 Å². The normalized spacial score (nSPS) is 12.8. The van der Waals surface area contributed by atoms with E-state index < -0.39 is 0 Å². The monoisotopic (exact) mass is 166 g/mol. The maximum atomic E-state index is 10.5. The van der Waals surface area contributed by atoms with Crippen molar-refractivity contribution in [3.63, 3.8) is 0 Å². The second kappa shape index (κ2) is 4.04. The molecule has 12 heavy (non-hydrogen) atoms. The van der Waals surface area contributed by atoms with Crippen LogP contribution in [0.25, 0.3) is 0 Å². The van der Waals surface area contributed by atoms with E-state index in [0.29, 0.717) is 11.6 Å². The summed E-state index contributed by atoms with van der Waals surface area (Å²) in [5.74, 6) is 0.595. The van der Waals surface area contributed by atoms with E-state index in [0.717, 1.165) is 19.3 Å². The van der Waals surface area contributed by atoms with Gasteiger partial charge in [-0.25, -0.2) is 4.98 Å². The van der Waals surface area contributed by atoms with Crippen molar-refractivity contribution >= 4 is 6.29 Å². The van der Waals surface area contributed by atoms with Gasteiger partial charge in [0.2, 0.25) is 0 Å². The lowest BCUT2D eigenvalue weighted by Gasteiger charge is -2.09. The summed E-state index contributed by atoms with van der Waals surface area (Å²) in [5.41, 5.74) is 0.662. The molecule has 0 aromatic carbocycles. The molecular weight excluding hydrogens is 152 g/mol. The predicted molar refractivity (Wildman–Crippen MR) is 47.1 cm³/mol. The van der Waals surface area contributed by atoms with Gasteiger partial charge < -0.3 is 4.57 Å². The Kier molecular flexibility index (Phi) is 3.02. The fraction of sp³-hybridized carbons (Fsp3) is 0.556. The van der Waals surface area contributed by atoms with Crippen LogP contribution in [0.1, 0.15) is 30.8 Å². The molecule has 0 amide bonds. The van der Waals surface area contributed by atoms with Crippen LogP contribution in [0.5, 0.6) is 0 Å². The van der Waals surface area contributed by atoms with Crippen molar-refractivity contribution in [1.82, 2.24) is 9.55 Å². The first-order valence-corrected chi connectivity index (χ1v) is 4.23. The van der Waals surface area contributed by atoms with E-state index in [1.165, 1.54) is 0 Å². The molecule has 0 bridgehead atoms. The molecule has 0 saturated heterocycles. The molecule has 0 aliphatic carbocycles. The highest BCUT2D eigenvalue weighted by molar-refractivity contribution is 5.71. The number of nitrogens with zero attached hydrogens (tertiary/aromatic N) is 2. The van der Waals surface area contributed by atoms with Gasteiger partial charge in [-0.15, -0.1) is 0 Å². The highest BCUT2D eigenvalue weighted by Crippen LogP contribution is 2.06. The third-order valence-electron chi connectivity index (χ3n) is 2.07. The largest absolute Gasteiger partial charge is 0.328 e.